The van der Waals surface area contributed by atoms with Crippen molar-refractivity contribution in [1.29, 1.82) is 0 Å². The molecule has 0 saturated heterocycles. The van der Waals surface area contributed by atoms with Crippen molar-refractivity contribution in [3.8, 4) is 0 Å². The molecule has 8 rings (SSSR count). The van der Waals surface area contributed by atoms with Crippen LogP contribution in [0, 0.1) is 5.41 Å². The molecule has 1 N–H and O–H groups in total. The van der Waals surface area contributed by atoms with Crippen LogP contribution in [-0.2, 0) is 6.54 Å². The van der Waals surface area contributed by atoms with Crippen LogP contribution in [0.3, 0.4) is 0 Å². The Kier molecular flexibility index (Phi) is 5.09. The standard InChI is InChI=1S/C38H32N2/c1-38(2)35(29-20-12-16-26-15-6-7-17-27(26)29)34-30-19-8-10-21-32(30)39-37(34)36(38)31-24-40(23-25-13-4-3-5-14-25)33-22-11-9-18-28(31)33/h3-22,24,35-36,39H,23H2,1-2H3/t35-,36-/m1/s1. The quantitative estimate of drug-likeness (QED) is 0.240. The van der Waals surface area contributed by atoms with Gasteiger partial charge in [0.25, 0.3) is 0 Å². The number of nitrogens with one attached hydrogen (secondary N) is 1. The number of H-pyrrole nitrogens is 1. The number of benzene rings is 5. The first-order valence-corrected chi connectivity index (χ1v) is 14.3. The zero-order chi connectivity index (χ0) is 26.8. The number of hydrogen-bond donors (Lipinski definition) is 1. The highest BCUT2D eigenvalue weighted by Crippen LogP contribution is 2.62. The molecule has 0 unspecified atom stereocenters. The van der Waals surface area contributed by atoms with Crippen LogP contribution in [0.25, 0.3) is 32.6 Å². The van der Waals surface area contributed by atoms with Crippen molar-refractivity contribution in [2.75, 3.05) is 0 Å². The maximum Gasteiger partial charge on any atom is 0.0486 e. The van der Waals surface area contributed by atoms with E-state index in [0.717, 1.165) is 6.54 Å². The van der Waals surface area contributed by atoms with E-state index in [1.54, 1.807) is 0 Å². The normalized spacial score (nSPS) is 18.1. The molecule has 40 heavy (non-hydrogen) atoms. The van der Waals surface area contributed by atoms with Crippen molar-refractivity contribution in [3.63, 3.8) is 0 Å². The third-order valence-electron chi connectivity index (χ3n) is 9.30. The second kappa shape index (κ2) is 8.72. The van der Waals surface area contributed by atoms with E-state index in [4.69, 9.17) is 0 Å². The summed E-state index contributed by atoms with van der Waals surface area (Å²) < 4.78 is 2.45. The number of rotatable bonds is 4. The van der Waals surface area contributed by atoms with E-state index in [1.165, 1.54) is 60.5 Å². The lowest BCUT2D eigenvalue weighted by molar-refractivity contribution is 0.308. The van der Waals surface area contributed by atoms with E-state index in [0.29, 0.717) is 0 Å². The molecule has 2 atom stereocenters. The number of aromatic amines is 1. The van der Waals surface area contributed by atoms with Crippen LogP contribution in [0.2, 0.25) is 0 Å². The molecule has 0 bridgehead atoms. The Bertz CT molecular complexity index is 2020. The van der Waals surface area contributed by atoms with Crippen LogP contribution < -0.4 is 0 Å². The summed E-state index contributed by atoms with van der Waals surface area (Å²) in [6, 6.07) is 44.3. The summed E-state index contributed by atoms with van der Waals surface area (Å²) in [5.74, 6) is 0.478. The molecular formula is C38H32N2. The summed E-state index contributed by atoms with van der Waals surface area (Å²) in [5, 5.41) is 5.35. The van der Waals surface area contributed by atoms with E-state index in [9.17, 15) is 0 Å². The average Bonchev–Trinajstić information content (AvgIpc) is 3.59. The van der Waals surface area contributed by atoms with Gasteiger partial charge in [-0.2, -0.15) is 0 Å². The van der Waals surface area contributed by atoms with E-state index in [2.05, 4.69) is 151 Å². The van der Waals surface area contributed by atoms with Crippen LogP contribution in [0.4, 0.5) is 0 Å². The van der Waals surface area contributed by atoms with Gasteiger partial charge in [0.2, 0.25) is 0 Å². The van der Waals surface area contributed by atoms with Gasteiger partial charge in [-0.3, -0.25) is 0 Å². The van der Waals surface area contributed by atoms with Crippen molar-refractivity contribution in [2.24, 2.45) is 5.41 Å². The topological polar surface area (TPSA) is 20.7 Å². The van der Waals surface area contributed by atoms with E-state index in [-0.39, 0.29) is 17.3 Å². The highest BCUT2D eigenvalue weighted by Gasteiger charge is 2.51. The summed E-state index contributed by atoms with van der Waals surface area (Å²) in [4.78, 5) is 3.94. The van der Waals surface area contributed by atoms with Gasteiger partial charge in [0.15, 0.2) is 0 Å². The summed E-state index contributed by atoms with van der Waals surface area (Å²) in [7, 11) is 0. The monoisotopic (exact) mass is 516 g/mol. The largest absolute Gasteiger partial charge is 0.358 e. The molecule has 2 aromatic heterocycles. The van der Waals surface area contributed by atoms with Gasteiger partial charge in [0, 0.05) is 52.1 Å². The molecule has 5 aromatic carbocycles. The van der Waals surface area contributed by atoms with Crippen molar-refractivity contribution in [2.45, 2.75) is 32.2 Å². The third-order valence-corrected chi connectivity index (χ3v) is 9.30. The maximum atomic E-state index is 3.94. The molecule has 7 aromatic rings. The summed E-state index contributed by atoms with van der Waals surface area (Å²) in [5.41, 5.74) is 9.44. The van der Waals surface area contributed by atoms with Crippen LogP contribution in [0.5, 0.6) is 0 Å². The van der Waals surface area contributed by atoms with Gasteiger partial charge in [-0.05, 0) is 50.6 Å². The van der Waals surface area contributed by atoms with Crippen LogP contribution in [-0.4, -0.2) is 9.55 Å². The molecule has 0 aliphatic heterocycles. The Morgan fingerprint density at radius 2 is 1.30 bits per heavy atom. The van der Waals surface area contributed by atoms with E-state index >= 15 is 0 Å². The molecule has 0 radical (unpaired) electrons. The molecule has 0 amide bonds. The minimum absolute atomic E-state index is 0.0585. The lowest BCUT2D eigenvalue weighted by Crippen LogP contribution is -2.25. The zero-order valence-corrected chi connectivity index (χ0v) is 22.9. The highest BCUT2D eigenvalue weighted by atomic mass is 15.0. The first-order chi connectivity index (χ1) is 19.6. The van der Waals surface area contributed by atoms with Crippen molar-refractivity contribution in [1.82, 2.24) is 9.55 Å². The highest BCUT2D eigenvalue weighted by molar-refractivity contribution is 5.93. The van der Waals surface area contributed by atoms with Crippen LogP contribution in [0.15, 0.2) is 128 Å². The summed E-state index contributed by atoms with van der Waals surface area (Å²) >= 11 is 0. The number of fused-ring (bicyclic) bond motifs is 5. The molecule has 1 aliphatic rings. The molecule has 194 valence electrons. The minimum atomic E-state index is -0.0585. The maximum absolute atomic E-state index is 3.94. The number of nitrogens with zero attached hydrogens (tertiary/aromatic N) is 1. The van der Waals surface area contributed by atoms with Gasteiger partial charge in [0.1, 0.15) is 0 Å². The van der Waals surface area contributed by atoms with E-state index in [1.807, 2.05) is 0 Å². The molecule has 0 fully saturated rings. The third kappa shape index (κ3) is 3.35. The molecule has 2 heteroatoms. The van der Waals surface area contributed by atoms with Gasteiger partial charge >= 0.3 is 0 Å². The number of hydrogen-bond acceptors (Lipinski definition) is 0. The summed E-state index contributed by atoms with van der Waals surface area (Å²) in [6.45, 7) is 5.83. The Morgan fingerprint density at radius 3 is 2.15 bits per heavy atom. The average molecular weight is 517 g/mol. The first kappa shape index (κ1) is 23.3. The molecular weight excluding hydrogens is 484 g/mol. The number of aromatic nitrogens is 2. The smallest absolute Gasteiger partial charge is 0.0486 e. The van der Waals surface area contributed by atoms with Crippen molar-refractivity contribution in [3.05, 3.63) is 155 Å². The Labute approximate surface area is 234 Å². The zero-order valence-electron chi connectivity index (χ0n) is 22.9. The fraction of sp³-hybridized carbons (Fsp3) is 0.158. The van der Waals surface area contributed by atoms with Gasteiger partial charge in [-0.15, -0.1) is 0 Å². The Morgan fingerprint density at radius 1 is 0.625 bits per heavy atom. The predicted octanol–water partition coefficient (Wildman–Crippen LogP) is 9.63. The van der Waals surface area contributed by atoms with Crippen molar-refractivity contribution < 1.29 is 0 Å². The molecule has 1 aliphatic carbocycles. The van der Waals surface area contributed by atoms with Crippen molar-refractivity contribution >= 4 is 32.6 Å². The van der Waals surface area contributed by atoms with Crippen LogP contribution >= 0.6 is 0 Å². The fourth-order valence-electron chi connectivity index (χ4n) is 7.66. The predicted molar refractivity (Wildman–Crippen MR) is 167 cm³/mol. The molecule has 2 heterocycles. The Balaban J connectivity index is 1.39. The fourth-order valence-corrected chi connectivity index (χ4v) is 7.66. The first-order valence-electron chi connectivity index (χ1n) is 14.3. The van der Waals surface area contributed by atoms with Gasteiger partial charge in [0.05, 0.1) is 0 Å². The molecule has 0 saturated carbocycles. The Hall–Kier alpha value is -4.56. The van der Waals surface area contributed by atoms with Gasteiger partial charge in [-0.25, -0.2) is 0 Å². The van der Waals surface area contributed by atoms with Crippen LogP contribution in [0.1, 0.15) is 53.6 Å². The minimum Gasteiger partial charge on any atom is -0.358 e. The molecule has 2 nitrogen and oxygen atoms in total. The molecule has 0 spiro atoms. The lowest BCUT2D eigenvalue weighted by atomic mass is 9.68. The van der Waals surface area contributed by atoms with Gasteiger partial charge < -0.3 is 9.55 Å². The van der Waals surface area contributed by atoms with E-state index < -0.39 is 0 Å². The SMILES string of the molecule is CC1(C)[C@H](c2cccc3ccccc23)c2c([nH]c3ccccc23)[C@H]1c1cn(Cc2ccccc2)c2ccccc12. The summed E-state index contributed by atoms with van der Waals surface area (Å²) in [6.07, 6.45) is 2.44. The second-order valence-electron chi connectivity index (χ2n) is 12.0. The second-order valence-corrected chi connectivity index (χ2v) is 12.0. The lowest BCUT2D eigenvalue weighted by Gasteiger charge is -2.35. The number of para-hydroxylation sites is 2. The van der Waals surface area contributed by atoms with Gasteiger partial charge in [-0.1, -0.05) is 123 Å².